The van der Waals surface area contributed by atoms with Gasteiger partial charge in [0.05, 0.1) is 27.4 Å². The molecule has 2 N–H and O–H groups in total. The molecule has 52 valence electrons. The standard InChI is InChI=1S/C3H9N.C2H4O.CH3/c1-4(2)3;1-2-3;/h1-3H3;2-3H,1H2;1H3/q;;-1/p+1. The van der Waals surface area contributed by atoms with Crippen LogP contribution in [-0.4, -0.2) is 26.2 Å². The van der Waals surface area contributed by atoms with E-state index < -0.39 is 0 Å². The lowest BCUT2D eigenvalue weighted by molar-refractivity contribution is -0.836. The van der Waals surface area contributed by atoms with Gasteiger partial charge in [-0.25, -0.2) is 0 Å². The zero-order chi connectivity index (χ0) is 6.28. The Hall–Kier alpha value is -0.500. The van der Waals surface area contributed by atoms with Crippen molar-refractivity contribution in [2.24, 2.45) is 0 Å². The third-order valence-electron chi connectivity index (χ3n) is 0. The van der Waals surface area contributed by atoms with E-state index in [1.54, 1.807) is 0 Å². The molecule has 8 heavy (non-hydrogen) atoms. The molecule has 0 heterocycles. The number of aliphatic hydroxyl groups is 1. The summed E-state index contributed by atoms with van der Waals surface area (Å²) in [5.41, 5.74) is 0. The first-order valence-corrected chi connectivity index (χ1v) is 2.17. The summed E-state index contributed by atoms with van der Waals surface area (Å²) in [5.74, 6) is 0. The van der Waals surface area contributed by atoms with E-state index in [4.69, 9.17) is 5.11 Å². The van der Waals surface area contributed by atoms with Crippen molar-refractivity contribution in [2.45, 2.75) is 0 Å². The second-order valence-electron chi connectivity index (χ2n) is 1.68. The van der Waals surface area contributed by atoms with Crippen LogP contribution in [0.4, 0.5) is 0 Å². The molecule has 0 aliphatic carbocycles. The second-order valence-corrected chi connectivity index (χ2v) is 1.68. The number of quaternary nitrogens is 1. The third-order valence-corrected chi connectivity index (χ3v) is 0. The van der Waals surface area contributed by atoms with Gasteiger partial charge in [-0.1, -0.05) is 6.58 Å². The number of hydrogen-bond donors (Lipinski definition) is 2. The minimum absolute atomic E-state index is 0. The minimum Gasteiger partial charge on any atom is -0.516 e. The van der Waals surface area contributed by atoms with Gasteiger partial charge in [0.15, 0.2) is 0 Å². The lowest BCUT2D eigenvalue weighted by Gasteiger charge is -1.88. The highest BCUT2D eigenvalue weighted by Gasteiger charge is 1.61. The van der Waals surface area contributed by atoms with E-state index in [2.05, 4.69) is 27.7 Å². The van der Waals surface area contributed by atoms with Crippen molar-refractivity contribution in [3.63, 3.8) is 0 Å². The Morgan fingerprint density at radius 2 is 1.38 bits per heavy atom. The first kappa shape index (κ1) is 15.6. The van der Waals surface area contributed by atoms with E-state index in [9.17, 15) is 0 Å². The first-order chi connectivity index (χ1) is 3.15. The second kappa shape index (κ2) is 16.1. The molecule has 0 radical (unpaired) electrons. The third kappa shape index (κ3) is 446. The molecule has 0 bridgehead atoms. The van der Waals surface area contributed by atoms with Gasteiger partial charge in [-0.2, -0.15) is 0 Å². The van der Waals surface area contributed by atoms with Crippen LogP contribution in [0.2, 0.25) is 0 Å². The van der Waals surface area contributed by atoms with E-state index in [0.717, 1.165) is 6.26 Å². The molecule has 0 amide bonds. The number of rotatable bonds is 0. The van der Waals surface area contributed by atoms with Crippen LogP contribution in [-0.2, 0) is 0 Å². The molecule has 0 unspecified atom stereocenters. The SMILES string of the molecule is C=CO.C[NH+](C)C.[CH3-]. The quantitative estimate of drug-likeness (QED) is 0.338. The summed E-state index contributed by atoms with van der Waals surface area (Å²) in [6, 6.07) is 0. The van der Waals surface area contributed by atoms with Crippen molar-refractivity contribution < 1.29 is 10.0 Å². The summed E-state index contributed by atoms with van der Waals surface area (Å²) in [7, 11) is 6.25. The average molecular weight is 119 g/mol. The molecule has 0 aliphatic heterocycles. The van der Waals surface area contributed by atoms with Gasteiger partial charge >= 0.3 is 0 Å². The number of hydrogen-bond acceptors (Lipinski definition) is 1. The fourth-order valence-electron chi connectivity index (χ4n) is 0. The van der Waals surface area contributed by atoms with Crippen molar-refractivity contribution in [1.29, 1.82) is 0 Å². The molecule has 0 fully saturated rings. The lowest BCUT2D eigenvalue weighted by Crippen LogP contribution is -3.02. The summed E-state index contributed by atoms with van der Waals surface area (Å²) in [6.07, 6.45) is 0.750. The molecule has 2 nitrogen and oxygen atoms in total. The zero-order valence-corrected chi connectivity index (χ0v) is 6.23. The molecule has 0 aliphatic rings. The van der Waals surface area contributed by atoms with Crippen LogP contribution in [0.15, 0.2) is 12.8 Å². The molecule has 0 aromatic carbocycles. The smallest absolute Gasteiger partial charge is 0.0719 e. The van der Waals surface area contributed by atoms with Crippen LogP contribution in [0.3, 0.4) is 0 Å². The maximum Gasteiger partial charge on any atom is 0.0719 e. The van der Waals surface area contributed by atoms with Gasteiger partial charge in [-0.05, 0) is 0 Å². The van der Waals surface area contributed by atoms with Crippen molar-refractivity contribution >= 4 is 0 Å². The highest BCUT2D eigenvalue weighted by atomic mass is 16.2. The predicted octanol–water partition coefficient (Wildman–Crippen LogP) is -0.101. The molecule has 0 aromatic heterocycles. The normalized spacial score (nSPS) is 6.00. The fourth-order valence-corrected chi connectivity index (χ4v) is 0. The molecule has 0 aromatic rings. The molecule has 0 saturated heterocycles. The largest absolute Gasteiger partial charge is 0.516 e. The zero-order valence-electron chi connectivity index (χ0n) is 6.23. The first-order valence-electron chi connectivity index (χ1n) is 2.17. The highest BCUT2D eigenvalue weighted by Crippen LogP contribution is 1.26. The van der Waals surface area contributed by atoms with Crippen LogP contribution >= 0.6 is 0 Å². The van der Waals surface area contributed by atoms with Crippen LogP contribution in [0.5, 0.6) is 0 Å². The maximum absolute atomic E-state index is 7.33. The van der Waals surface area contributed by atoms with Gasteiger partial charge in [0.2, 0.25) is 0 Å². The van der Waals surface area contributed by atoms with Gasteiger partial charge in [0.25, 0.3) is 0 Å². The highest BCUT2D eigenvalue weighted by molar-refractivity contribution is 4.38. The van der Waals surface area contributed by atoms with Gasteiger partial charge in [0.1, 0.15) is 0 Å². The molecule has 0 saturated carbocycles. The van der Waals surface area contributed by atoms with Crippen LogP contribution < -0.4 is 4.90 Å². The molecule has 2 heteroatoms. The van der Waals surface area contributed by atoms with Crippen molar-refractivity contribution in [3.05, 3.63) is 20.3 Å². The minimum atomic E-state index is 0. The van der Waals surface area contributed by atoms with Crippen LogP contribution in [0.1, 0.15) is 0 Å². The summed E-state index contributed by atoms with van der Waals surface area (Å²) in [4.78, 5) is 1.42. The van der Waals surface area contributed by atoms with Crippen LogP contribution in [0, 0.1) is 7.43 Å². The van der Waals surface area contributed by atoms with Gasteiger partial charge in [-0.15, -0.1) is 0 Å². The van der Waals surface area contributed by atoms with Crippen molar-refractivity contribution in [1.82, 2.24) is 0 Å². The predicted molar refractivity (Wildman–Crippen MR) is 38.0 cm³/mol. The summed E-state index contributed by atoms with van der Waals surface area (Å²) in [6.45, 7) is 2.92. The Labute approximate surface area is 52.4 Å². The molecule has 0 atom stereocenters. The maximum atomic E-state index is 7.33. The molecule has 0 rings (SSSR count). The van der Waals surface area contributed by atoms with Gasteiger partial charge < -0.3 is 17.4 Å². The van der Waals surface area contributed by atoms with E-state index in [1.807, 2.05) is 0 Å². The van der Waals surface area contributed by atoms with E-state index >= 15 is 0 Å². The Morgan fingerprint density at radius 1 is 1.38 bits per heavy atom. The van der Waals surface area contributed by atoms with E-state index in [0.29, 0.717) is 0 Å². The average Bonchev–Trinajstić information content (AvgIpc) is 1.33. The van der Waals surface area contributed by atoms with Gasteiger partial charge in [-0.3, -0.25) is 0 Å². The van der Waals surface area contributed by atoms with Crippen molar-refractivity contribution in [2.75, 3.05) is 21.1 Å². The van der Waals surface area contributed by atoms with E-state index in [-0.39, 0.29) is 7.43 Å². The van der Waals surface area contributed by atoms with E-state index in [1.165, 1.54) is 4.90 Å². The van der Waals surface area contributed by atoms with Crippen molar-refractivity contribution in [3.8, 4) is 0 Å². The van der Waals surface area contributed by atoms with Crippen LogP contribution in [0.25, 0.3) is 0 Å². The Bertz CT molecular complexity index is 32.8. The monoisotopic (exact) mass is 119 g/mol. The molecular weight excluding hydrogens is 102 g/mol. The molecular formula is C6H17NO. The Kier molecular flexibility index (Phi) is 31.4. The lowest BCUT2D eigenvalue weighted by atomic mass is 11.0. The summed E-state index contributed by atoms with van der Waals surface area (Å²) < 4.78 is 0. The molecule has 0 spiro atoms. The van der Waals surface area contributed by atoms with Gasteiger partial charge in [0, 0.05) is 0 Å². The Balaban J connectivity index is -0.0000000575. The summed E-state index contributed by atoms with van der Waals surface area (Å²) in [5, 5.41) is 7.33. The topological polar surface area (TPSA) is 24.7 Å². The number of aliphatic hydroxyl groups excluding tert-OH is 1. The Morgan fingerprint density at radius 3 is 1.38 bits per heavy atom. The fraction of sp³-hybridized carbons (Fsp3) is 0.500. The summed E-state index contributed by atoms with van der Waals surface area (Å²) >= 11 is 0. The number of nitrogens with one attached hydrogen (secondary N) is 1.